The number of nitrogens with one attached hydrogen (secondary N) is 3. The van der Waals surface area contributed by atoms with Gasteiger partial charge in [-0.2, -0.15) is 0 Å². The third kappa shape index (κ3) is 4.54. The Hall–Kier alpha value is -1.93. The van der Waals surface area contributed by atoms with Crippen molar-refractivity contribution in [3.05, 3.63) is 32.6 Å². The Bertz CT molecular complexity index is 599. The van der Waals surface area contributed by atoms with Gasteiger partial charge in [-0.3, -0.25) is 19.5 Å². The Morgan fingerprint density at radius 2 is 2.05 bits per heavy atom. The highest BCUT2D eigenvalue weighted by Gasteiger charge is 2.23. The standard InChI is InChI=1S/C13H20N4O4/c1-8-5-17(6-9(2)21-8)7-11(18)14-3-10-4-15-13(20)16-12(10)19/h4,8-9H,3,5-7H2,1-2H3,(H,14,18)(H2,15,16,19,20)/t8-,9+. The monoisotopic (exact) mass is 296 g/mol. The van der Waals surface area contributed by atoms with Crippen molar-refractivity contribution in [2.24, 2.45) is 0 Å². The van der Waals surface area contributed by atoms with Crippen molar-refractivity contribution >= 4 is 5.91 Å². The summed E-state index contributed by atoms with van der Waals surface area (Å²) in [5, 5.41) is 2.67. The van der Waals surface area contributed by atoms with E-state index in [2.05, 4.69) is 15.3 Å². The summed E-state index contributed by atoms with van der Waals surface area (Å²) >= 11 is 0. The minimum Gasteiger partial charge on any atom is -0.373 e. The summed E-state index contributed by atoms with van der Waals surface area (Å²) in [5.41, 5.74) is -0.745. The molecule has 8 nitrogen and oxygen atoms in total. The zero-order valence-corrected chi connectivity index (χ0v) is 12.1. The van der Waals surface area contributed by atoms with Crippen molar-refractivity contribution in [3.63, 3.8) is 0 Å². The summed E-state index contributed by atoms with van der Waals surface area (Å²) in [5.74, 6) is -0.165. The van der Waals surface area contributed by atoms with Crippen LogP contribution >= 0.6 is 0 Å². The Morgan fingerprint density at radius 3 is 2.67 bits per heavy atom. The number of hydrogen-bond acceptors (Lipinski definition) is 5. The average Bonchev–Trinajstić information content (AvgIpc) is 2.36. The zero-order chi connectivity index (χ0) is 15.4. The number of ether oxygens (including phenoxy) is 1. The number of morpholine rings is 1. The molecule has 1 saturated heterocycles. The minimum atomic E-state index is -0.564. The molecule has 0 spiro atoms. The van der Waals surface area contributed by atoms with Crippen LogP contribution in [-0.2, 0) is 16.1 Å². The first kappa shape index (κ1) is 15.5. The first-order chi connectivity index (χ1) is 9.94. The van der Waals surface area contributed by atoms with E-state index in [9.17, 15) is 14.4 Å². The highest BCUT2D eigenvalue weighted by atomic mass is 16.5. The SMILES string of the molecule is C[C@@H]1CN(CC(=O)NCc2c[nH]c(=O)[nH]c2=O)C[C@H](C)O1. The molecule has 2 heterocycles. The fourth-order valence-corrected chi connectivity index (χ4v) is 2.44. The van der Waals surface area contributed by atoms with Crippen LogP contribution in [0, 0.1) is 0 Å². The number of aromatic nitrogens is 2. The molecular weight excluding hydrogens is 276 g/mol. The molecule has 1 aromatic rings. The maximum absolute atomic E-state index is 11.9. The van der Waals surface area contributed by atoms with Crippen LogP contribution in [0.5, 0.6) is 0 Å². The molecule has 0 aromatic carbocycles. The molecular formula is C13H20N4O4. The Morgan fingerprint density at radius 1 is 1.38 bits per heavy atom. The van der Waals surface area contributed by atoms with Crippen molar-refractivity contribution in [1.82, 2.24) is 20.2 Å². The first-order valence-electron chi connectivity index (χ1n) is 6.89. The number of carbonyl (C=O) groups is 1. The molecule has 0 aliphatic carbocycles. The molecule has 8 heteroatoms. The fraction of sp³-hybridized carbons (Fsp3) is 0.615. The second-order valence-electron chi connectivity index (χ2n) is 5.33. The molecule has 3 N–H and O–H groups in total. The number of amides is 1. The summed E-state index contributed by atoms with van der Waals surface area (Å²) in [4.78, 5) is 40.8. The van der Waals surface area contributed by atoms with Crippen molar-refractivity contribution in [3.8, 4) is 0 Å². The van der Waals surface area contributed by atoms with E-state index in [0.717, 1.165) is 0 Å². The van der Waals surface area contributed by atoms with Crippen molar-refractivity contribution in [1.29, 1.82) is 0 Å². The predicted octanol–water partition coefficient (Wildman–Crippen LogP) is -1.21. The largest absolute Gasteiger partial charge is 0.373 e. The lowest BCUT2D eigenvalue weighted by Crippen LogP contribution is -2.49. The van der Waals surface area contributed by atoms with Crippen molar-refractivity contribution < 1.29 is 9.53 Å². The highest BCUT2D eigenvalue weighted by molar-refractivity contribution is 5.78. The van der Waals surface area contributed by atoms with E-state index >= 15 is 0 Å². The zero-order valence-electron chi connectivity index (χ0n) is 12.1. The van der Waals surface area contributed by atoms with Gasteiger partial charge in [0.05, 0.1) is 24.3 Å². The van der Waals surface area contributed by atoms with Crippen molar-refractivity contribution in [2.75, 3.05) is 19.6 Å². The maximum atomic E-state index is 11.9. The summed E-state index contributed by atoms with van der Waals surface area (Å²) in [6.45, 7) is 5.70. The van der Waals surface area contributed by atoms with Crippen LogP contribution in [0.1, 0.15) is 19.4 Å². The second-order valence-corrected chi connectivity index (χ2v) is 5.33. The van der Waals surface area contributed by atoms with Crippen LogP contribution in [0.4, 0.5) is 0 Å². The van der Waals surface area contributed by atoms with E-state index in [4.69, 9.17) is 4.74 Å². The molecule has 0 bridgehead atoms. The van der Waals surface area contributed by atoms with E-state index in [1.807, 2.05) is 18.7 Å². The van der Waals surface area contributed by atoms with E-state index < -0.39 is 11.2 Å². The third-order valence-corrected chi connectivity index (χ3v) is 3.23. The van der Waals surface area contributed by atoms with Gasteiger partial charge in [0.1, 0.15) is 0 Å². The Labute approximate surface area is 121 Å². The lowest BCUT2D eigenvalue weighted by atomic mass is 10.2. The van der Waals surface area contributed by atoms with Gasteiger partial charge in [-0.15, -0.1) is 0 Å². The van der Waals surface area contributed by atoms with Crippen LogP contribution in [-0.4, -0.2) is 52.6 Å². The first-order valence-corrected chi connectivity index (χ1v) is 6.89. The summed E-state index contributed by atoms with van der Waals surface area (Å²) < 4.78 is 5.60. The van der Waals surface area contributed by atoms with Gasteiger partial charge < -0.3 is 15.0 Å². The van der Waals surface area contributed by atoms with Gasteiger partial charge in [0.25, 0.3) is 5.56 Å². The fourth-order valence-electron chi connectivity index (χ4n) is 2.44. The Balaban J connectivity index is 1.84. The number of H-pyrrole nitrogens is 2. The van der Waals surface area contributed by atoms with Gasteiger partial charge in [-0.25, -0.2) is 4.79 Å². The summed E-state index contributed by atoms with van der Waals surface area (Å²) in [7, 11) is 0. The molecule has 1 aliphatic rings. The van der Waals surface area contributed by atoms with E-state index in [0.29, 0.717) is 18.7 Å². The minimum absolute atomic E-state index is 0.0837. The van der Waals surface area contributed by atoms with Crippen LogP contribution in [0.15, 0.2) is 15.8 Å². The van der Waals surface area contributed by atoms with Crippen molar-refractivity contribution in [2.45, 2.75) is 32.6 Å². The van der Waals surface area contributed by atoms with Gasteiger partial charge in [0.2, 0.25) is 5.91 Å². The van der Waals surface area contributed by atoms with Gasteiger partial charge in [0.15, 0.2) is 0 Å². The van der Waals surface area contributed by atoms with Gasteiger partial charge >= 0.3 is 5.69 Å². The van der Waals surface area contributed by atoms with Crippen LogP contribution < -0.4 is 16.6 Å². The normalized spacial score (nSPS) is 23.0. The maximum Gasteiger partial charge on any atom is 0.325 e. The molecule has 1 aliphatic heterocycles. The number of rotatable bonds is 4. The second kappa shape index (κ2) is 6.68. The van der Waals surface area contributed by atoms with E-state index in [1.165, 1.54) is 6.20 Å². The summed E-state index contributed by atoms with van der Waals surface area (Å²) in [6.07, 6.45) is 1.51. The molecule has 21 heavy (non-hydrogen) atoms. The van der Waals surface area contributed by atoms with Crippen LogP contribution in [0.2, 0.25) is 0 Å². The molecule has 2 atom stereocenters. The average molecular weight is 296 g/mol. The molecule has 0 saturated carbocycles. The molecule has 116 valence electrons. The van der Waals surface area contributed by atoms with Gasteiger partial charge in [-0.05, 0) is 13.8 Å². The topological polar surface area (TPSA) is 107 Å². The summed E-state index contributed by atoms with van der Waals surface area (Å²) in [6, 6.07) is 0. The lowest BCUT2D eigenvalue weighted by Gasteiger charge is -2.34. The number of nitrogens with zero attached hydrogens (tertiary/aromatic N) is 1. The quantitative estimate of drug-likeness (QED) is 0.646. The number of carbonyl (C=O) groups excluding carboxylic acids is 1. The van der Waals surface area contributed by atoms with Gasteiger partial charge in [-0.1, -0.05) is 0 Å². The van der Waals surface area contributed by atoms with Gasteiger partial charge in [0, 0.05) is 25.8 Å². The molecule has 0 unspecified atom stereocenters. The van der Waals surface area contributed by atoms with Crippen LogP contribution in [0.3, 0.4) is 0 Å². The van der Waals surface area contributed by atoms with E-state index in [-0.39, 0.29) is 31.2 Å². The predicted molar refractivity (Wildman–Crippen MR) is 76.0 cm³/mol. The number of aromatic amines is 2. The van der Waals surface area contributed by atoms with Crippen LogP contribution in [0.25, 0.3) is 0 Å². The third-order valence-electron chi connectivity index (χ3n) is 3.23. The highest BCUT2D eigenvalue weighted by Crippen LogP contribution is 2.09. The molecule has 1 aromatic heterocycles. The molecule has 1 fully saturated rings. The molecule has 2 rings (SSSR count). The smallest absolute Gasteiger partial charge is 0.325 e. The molecule has 1 amide bonds. The lowest BCUT2D eigenvalue weighted by molar-refractivity contribution is -0.126. The number of hydrogen-bond donors (Lipinski definition) is 3. The molecule has 0 radical (unpaired) electrons. The Kier molecular flexibility index (Phi) is 4.92. The van der Waals surface area contributed by atoms with E-state index in [1.54, 1.807) is 0 Å².